The lowest BCUT2D eigenvalue weighted by Crippen LogP contribution is -2.14. The number of hydrogen-bond acceptors (Lipinski definition) is 6. The van der Waals surface area contributed by atoms with Gasteiger partial charge in [-0.2, -0.15) is 0 Å². The summed E-state index contributed by atoms with van der Waals surface area (Å²) in [5.41, 5.74) is 1.56. The summed E-state index contributed by atoms with van der Waals surface area (Å²) < 4.78 is 7.64. The van der Waals surface area contributed by atoms with Gasteiger partial charge in [0.1, 0.15) is 5.76 Å². The van der Waals surface area contributed by atoms with Gasteiger partial charge in [-0.15, -0.1) is 10.2 Å². The molecule has 0 unspecified atom stereocenters. The largest absolute Gasteiger partial charge is 0.469 e. The second kappa shape index (κ2) is 7.75. The van der Waals surface area contributed by atoms with Crippen LogP contribution in [0.15, 0.2) is 50.6 Å². The Bertz CT molecular complexity index is 875. The van der Waals surface area contributed by atoms with Crippen molar-refractivity contribution in [1.82, 2.24) is 14.9 Å². The normalized spacial score (nSPS) is 10.8. The van der Waals surface area contributed by atoms with E-state index in [9.17, 15) is 4.79 Å². The fraction of sp³-hybridized carbons (Fsp3) is 0.188. The Balaban J connectivity index is 1.54. The number of rotatable bonds is 6. The summed E-state index contributed by atoms with van der Waals surface area (Å²) in [6.45, 7) is 1.84. The summed E-state index contributed by atoms with van der Waals surface area (Å²) in [4.78, 5) is 12.0. The molecule has 0 saturated carbocycles. The Morgan fingerprint density at radius 2 is 2.08 bits per heavy atom. The number of nitrogen functional groups attached to an aromatic ring is 1. The van der Waals surface area contributed by atoms with Crippen LogP contribution in [-0.4, -0.2) is 26.5 Å². The van der Waals surface area contributed by atoms with Crippen LogP contribution >= 0.6 is 27.7 Å². The number of carbonyl (C=O) groups excluding carboxylic acids is 1. The molecule has 0 spiro atoms. The molecule has 1 aromatic carbocycles. The minimum atomic E-state index is -0.0659. The molecule has 2 heterocycles. The lowest BCUT2D eigenvalue weighted by atomic mass is 10.2. The van der Waals surface area contributed by atoms with Crippen LogP contribution in [0.1, 0.15) is 12.2 Å². The number of furan rings is 1. The van der Waals surface area contributed by atoms with Gasteiger partial charge in [0.15, 0.2) is 5.82 Å². The number of amides is 1. The van der Waals surface area contributed by atoms with E-state index in [1.807, 2.05) is 31.2 Å². The summed E-state index contributed by atoms with van der Waals surface area (Å²) in [6, 6.07) is 9.22. The number of nitrogens with one attached hydrogen (secondary N) is 1. The van der Waals surface area contributed by atoms with E-state index in [2.05, 4.69) is 31.4 Å². The highest BCUT2D eigenvalue weighted by Crippen LogP contribution is 2.25. The monoisotopic (exact) mass is 421 g/mol. The maximum absolute atomic E-state index is 12.0. The number of anilines is 1. The first-order valence-electron chi connectivity index (χ1n) is 7.48. The maximum Gasteiger partial charge on any atom is 0.225 e. The van der Waals surface area contributed by atoms with Crippen LogP contribution < -0.4 is 11.2 Å². The number of carbonyl (C=O) groups is 1. The average molecular weight is 422 g/mol. The zero-order valence-electron chi connectivity index (χ0n) is 13.4. The standard InChI is InChI=1S/C16H16BrN5O2S/c1-10-13(6-8-24-10)15-20-21-16(22(15)18)25-9-7-14(23)19-12-4-2-11(17)3-5-12/h2-6,8H,7,9,18H2,1H3,(H,19,23). The van der Waals surface area contributed by atoms with Crippen LogP contribution in [0.2, 0.25) is 0 Å². The van der Waals surface area contributed by atoms with Crippen molar-refractivity contribution in [2.45, 2.75) is 18.5 Å². The molecular formula is C16H16BrN5O2S. The van der Waals surface area contributed by atoms with E-state index < -0.39 is 0 Å². The van der Waals surface area contributed by atoms with E-state index in [0.717, 1.165) is 21.5 Å². The molecule has 7 nitrogen and oxygen atoms in total. The number of hydrogen-bond donors (Lipinski definition) is 2. The SMILES string of the molecule is Cc1occc1-c1nnc(SCCC(=O)Nc2ccc(Br)cc2)n1N. The van der Waals surface area contributed by atoms with Crippen molar-refractivity contribution in [3.63, 3.8) is 0 Å². The zero-order chi connectivity index (χ0) is 17.8. The lowest BCUT2D eigenvalue weighted by Gasteiger charge is -2.05. The van der Waals surface area contributed by atoms with Crippen LogP contribution in [0, 0.1) is 6.92 Å². The number of nitrogens with zero attached hydrogens (tertiary/aromatic N) is 3. The molecule has 0 radical (unpaired) electrons. The summed E-state index contributed by atoms with van der Waals surface area (Å²) in [5.74, 6) is 7.78. The number of aryl methyl sites for hydroxylation is 1. The minimum Gasteiger partial charge on any atom is -0.469 e. The summed E-state index contributed by atoms with van der Waals surface area (Å²) in [5, 5.41) is 11.6. The van der Waals surface area contributed by atoms with Crippen molar-refractivity contribution >= 4 is 39.3 Å². The van der Waals surface area contributed by atoms with E-state index in [4.69, 9.17) is 10.3 Å². The fourth-order valence-corrected chi connectivity index (χ4v) is 3.23. The third kappa shape index (κ3) is 4.23. The predicted molar refractivity (Wildman–Crippen MR) is 101 cm³/mol. The first-order valence-corrected chi connectivity index (χ1v) is 9.25. The topological polar surface area (TPSA) is 99.0 Å². The molecule has 3 rings (SSSR count). The van der Waals surface area contributed by atoms with Gasteiger partial charge < -0.3 is 15.6 Å². The van der Waals surface area contributed by atoms with E-state index in [1.54, 1.807) is 12.3 Å². The Labute approximate surface area is 157 Å². The average Bonchev–Trinajstić information content (AvgIpc) is 3.16. The molecular weight excluding hydrogens is 406 g/mol. The highest BCUT2D eigenvalue weighted by atomic mass is 79.9. The molecule has 0 aliphatic carbocycles. The second-order valence-electron chi connectivity index (χ2n) is 5.22. The highest BCUT2D eigenvalue weighted by Gasteiger charge is 2.15. The molecule has 0 atom stereocenters. The molecule has 0 saturated heterocycles. The minimum absolute atomic E-state index is 0.0659. The van der Waals surface area contributed by atoms with Gasteiger partial charge >= 0.3 is 0 Å². The van der Waals surface area contributed by atoms with Gasteiger partial charge in [-0.25, -0.2) is 4.68 Å². The van der Waals surface area contributed by atoms with Gasteiger partial charge in [0.05, 0.1) is 11.8 Å². The third-order valence-electron chi connectivity index (χ3n) is 3.45. The third-order valence-corrected chi connectivity index (χ3v) is 4.93. The molecule has 3 aromatic rings. The van der Waals surface area contributed by atoms with Gasteiger partial charge in [-0.3, -0.25) is 4.79 Å². The zero-order valence-corrected chi connectivity index (χ0v) is 15.8. The van der Waals surface area contributed by atoms with Crippen LogP contribution in [0.4, 0.5) is 5.69 Å². The van der Waals surface area contributed by atoms with E-state index in [-0.39, 0.29) is 5.91 Å². The first kappa shape index (κ1) is 17.6. The van der Waals surface area contributed by atoms with Gasteiger partial charge in [0.25, 0.3) is 0 Å². The summed E-state index contributed by atoms with van der Waals surface area (Å²) in [7, 11) is 0. The molecule has 0 aliphatic rings. The van der Waals surface area contributed by atoms with E-state index in [1.165, 1.54) is 16.4 Å². The summed E-state index contributed by atoms with van der Waals surface area (Å²) in [6.07, 6.45) is 1.92. The molecule has 25 heavy (non-hydrogen) atoms. The van der Waals surface area contributed by atoms with Crippen LogP contribution in [0.25, 0.3) is 11.4 Å². The molecule has 3 N–H and O–H groups in total. The number of aromatic nitrogens is 3. The maximum atomic E-state index is 12.0. The number of thioether (sulfide) groups is 1. The molecule has 0 fully saturated rings. The van der Waals surface area contributed by atoms with Gasteiger partial charge in [-0.1, -0.05) is 27.7 Å². The second-order valence-corrected chi connectivity index (χ2v) is 7.20. The molecule has 9 heteroatoms. The Morgan fingerprint density at radius 1 is 1.32 bits per heavy atom. The van der Waals surface area contributed by atoms with Crippen molar-refractivity contribution in [2.75, 3.05) is 16.9 Å². The van der Waals surface area contributed by atoms with Crippen molar-refractivity contribution in [3.05, 3.63) is 46.8 Å². The molecule has 0 bridgehead atoms. The van der Waals surface area contributed by atoms with Gasteiger partial charge in [-0.05, 0) is 37.3 Å². The quantitative estimate of drug-likeness (QED) is 0.467. The van der Waals surface area contributed by atoms with Crippen LogP contribution in [-0.2, 0) is 4.79 Å². The molecule has 1 amide bonds. The van der Waals surface area contributed by atoms with Crippen molar-refractivity contribution in [3.8, 4) is 11.4 Å². The predicted octanol–water partition coefficient (Wildman–Crippen LogP) is 3.44. The van der Waals surface area contributed by atoms with E-state index >= 15 is 0 Å². The van der Waals surface area contributed by atoms with Crippen molar-refractivity contribution in [2.24, 2.45) is 0 Å². The Morgan fingerprint density at radius 3 is 2.76 bits per heavy atom. The fourth-order valence-electron chi connectivity index (χ4n) is 2.17. The number of nitrogens with two attached hydrogens (primary N) is 1. The van der Waals surface area contributed by atoms with Crippen LogP contribution in [0.3, 0.4) is 0 Å². The molecule has 2 aromatic heterocycles. The molecule has 130 valence electrons. The van der Waals surface area contributed by atoms with Gasteiger partial charge in [0, 0.05) is 22.3 Å². The first-order chi connectivity index (χ1) is 12.0. The van der Waals surface area contributed by atoms with Crippen molar-refractivity contribution in [1.29, 1.82) is 0 Å². The van der Waals surface area contributed by atoms with Crippen LogP contribution in [0.5, 0.6) is 0 Å². The number of halogens is 1. The Hall–Kier alpha value is -2.26. The van der Waals surface area contributed by atoms with Gasteiger partial charge in [0.2, 0.25) is 11.1 Å². The highest BCUT2D eigenvalue weighted by molar-refractivity contribution is 9.10. The van der Waals surface area contributed by atoms with E-state index in [0.29, 0.717) is 23.2 Å². The lowest BCUT2D eigenvalue weighted by molar-refractivity contribution is -0.115. The molecule has 0 aliphatic heterocycles. The Kier molecular flexibility index (Phi) is 5.44. The smallest absolute Gasteiger partial charge is 0.225 e. The summed E-state index contributed by atoms with van der Waals surface area (Å²) >= 11 is 4.74. The number of benzene rings is 1. The van der Waals surface area contributed by atoms with Crippen molar-refractivity contribution < 1.29 is 9.21 Å².